The van der Waals surface area contributed by atoms with Crippen molar-refractivity contribution in [1.82, 2.24) is 5.32 Å². The summed E-state index contributed by atoms with van der Waals surface area (Å²) < 4.78 is 168. The van der Waals surface area contributed by atoms with E-state index in [2.05, 4.69) is 5.32 Å². The van der Waals surface area contributed by atoms with Crippen molar-refractivity contribution in [3.05, 3.63) is 0 Å². The fourth-order valence-corrected chi connectivity index (χ4v) is 2.23. The molecule has 1 nitrogen and oxygen atoms in total. The van der Waals surface area contributed by atoms with Gasteiger partial charge in [0.2, 0.25) is 0 Å². The number of halogens is 13. The summed E-state index contributed by atoms with van der Waals surface area (Å²) in [6.45, 7) is 3.69. The van der Waals surface area contributed by atoms with Crippen LogP contribution in [0.25, 0.3) is 0 Å². The lowest BCUT2D eigenvalue weighted by atomic mass is 9.92. The highest BCUT2D eigenvalue weighted by atomic mass is 19.4. The second kappa shape index (κ2) is 8.05. The van der Waals surface area contributed by atoms with Crippen molar-refractivity contribution in [3.8, 4) is 0 Å². The van der Waals surface area contributed by atoms with Crippen LogP contribution >= 0.6 is 0 Å². The van der Waals surface area contributed by atoms with Crippen molar-refractivity contribution in [3.63, 3.8) is 0 Å². The minimum atomic E-state index is -7.84. The summed E-state index contributed by atoms with van der Waals surface area (Å²) >= 11 is 0. The Morgan fingerprint density at radius 2 is 1.00 bits per heavy atom. The zero-order valence-electron chi connectivity index (χ0n) is 14.7. The fourth-order valence-electron chi connectivity index (χ4n) is 2.23. The molecule has 0 saturated carbocycles. The Labute approximate surface area is 151 Å². The highest BCUT2D eigenvalue weighted by Crippen LogP contribution is 2.60. The fraction of sp³-hybridized carbons (Fsp3) is 1.00. The topological polar surface area (TPSA) is 12.0 Å². The molecule has 0 aromatic rings. The van der Waals surface area contributed by atoms with E-state index in [1.54, 1.807) is 13.8 Å². The third-order valence-corrected chi connectivity index (χ3v) is 3.76. The van der Waals surface area contributed by atoms with Gasteiger partial charge >= 0.3 is 35.8 Å². The van der Waals surface area contributed by atoms with Gasteiger partial charge in [-0.1, -0.05) is 13.8 Å². The first-order chi connectivity index (χ1) is 12.1. The maximum atomic E-state index is 13.5. The van der Waals surface area contributed by atoms with Gasteiger partial charge in [0.05, 0.1) is 0 Å². The number of hydrogen-bond acceptors (Lipinski definition) is 1. The lowest BCUT2D eigenvalue weighted by molar-refractivity contribution is -0.440. The molecule has 0 aromatic carbocycles. The third kappa shape index (κ3) is 4.78. The molecule has 0 rings (SSSR count). The van der Waals surface area contributed by atoms with Crippen LogP contribution in [0.3, 0.4) is 0 Å². The molecular formula is C14H18F13N. The molecule has 0 aliphatic carbocycles. The summed E-state index contributed by atoms with van der Waals surface area (Å²) in [7, 11) is 0. The molecule has 0 heterocycles. The first-order valence-electron chi connectivity index (χ1n) is 7.75. The molecule has 0 spiro atoms. The lowest BCUT2D eigenvalue weighted by Crippen LogP contribution is -2.70. The Morgan fingerprint density at radius 1 is 0.607 bits per heavy atom. The lowest BCUT2D eigenvalue weighted by Gasteiger charge is -2.39. The molecule has 1 unspecified atom stereocenters. The average molecular weight is 447 g/mol. The van der Waals surface area contributed by atoms with Gasteiger partial charge in [0.25, 0.3) is 0 Å². The number of rotatable bonds is 10. The monoisotopic (exact) mass is 447 g/mol. The molecule has 0 bridgehead atoms. The van der Waals surface area contributed by atoms with Crippen molar-refractivity contribution >= 4 is 0 Å². The van der Waals surface area contributed by atoms with Crippen molar-refractivity contribution in [2.75, 3.05) is 6.54 Å². The molecule has 0 saturated heterocycles. The van der Waals surface area contributed by atoms with Crippen molar-refractivity contribution in [1.29, 1.82) is 0 Å². The van der Waals surface area contributed by atoms with Crippen LogP contribution in [0.1, 0.15) is 33.6 Å². The van der Waals surface area contributed by atoms with E-state index in [9.17, 15) is 57.1 Å². The maximum Gasteiger partial charge on any atom is 0.460 e. The smallest absolute Gasteiger partial charge is 0.314 e. The zero-order chi connectivity index (χ0) is 23.0. The van der Waals surface area contributed by atoms with Gasteiger partial charge < -0.3 is 5.32 Å². The molecule has 1 N–H and O–H groups in total. The highest BCUT2D eigenvalue weighted by Gasteiger charge is 2.90. The normalized spacial score (nSPS) is 16.6. The predicted molar refractivity (Wildman–Crippen MR) is 72.3 cm³/mol. The molecule has 0 radical (unpaired) electrons. The molecule has 0 aliphatic rings. The standard InChI is InChI=1S/C14H18F13N/c1-7(2)6-8(3)28-5-4-9(15,16)10(17,18)11(19,20)12(21,22)13(23,24)14(25,26)27/h7-8,28H,4-6H2,1-3H3. The van der Waals surface area contributed by atoms with Crippen LogP contribution in [0.15, 0.2) is 0 Å². The molecular weight excluding hydrogens is 429 g/mol. The van der Waals surface area contributed by atoms with Gasteiger partial charge in [-0.25, -0.2) is 0 Å². The summed E-state index contributed by atoms with van der Waals surface area (Å²) in [5.74, 6) is -36.5. The van der Waals surface area contributed by atoms with Gasteiger partial charge in [-0.15, -0.1) is 0 Å². The number of hydrogen-bond donors (Lipinski definition) is 1. The van der Waals surface area contributed by atoms with Crippen LogP contribution in [0.5, 0.6) is 0 Å². The largest absolute Gasteiger partial charge is 0.460 e. The van der Waals surface area contributed by atoms with Crippen LogP contribution in [-0.2, 0) is 0 Å². The zero-order valence-corrected chi connectivity index (χ0v) is 14.7. The van der Waals surface area contributed by atoms with E-state index in [1.807, 2.05) is 0 Å². The van der Waals surface area contributed by atoms with Crippen molar-refractivity contribution in [2.24, 2.45) is 5.92 Å². The van der Waals surface area contributed by atoms with E-state index in [0.29, 0.717) is 6.42 Å². The molecule has 28 heavy (non-hydrogen) atoms. The Kier molecular flexibility index (Phi) is 7.78. The highest BCUT2D eigenvalue weighted by molar-refractivity contribution is 5.10. The average Bonchev–Trinajstić information content (AvgIpc) is 2.43. The van der Waals surface area contributed by atoms with Crippen LogP contribution in [0.2, 0.25) is 0 Å². The van der Waals surface area contributed by atoms with E-state index >= 15 is 0 Å². The van der Waals surface area contributed by atoms with Crippen LogP contribution in [-0.4, -0.2) is 48.4 Å². The van der Waals surface area contributed by atoms with Crippen molar-refractivity contribution in [2.45, 2.75) is 75.4 Å². The van der Waals surface area contributed by atoms with E-state index in [4.69, 9.17) is 0 Å². The minimum Gasteiger partial charge on any atom is -0.314 e. The van der Waals surface area contributed by atoms with Crippen LogP contribution < -0.4 is 5.32 Å². The number of alkyl halides is 13. The minimum absolute atomic E-state index is 0.0112. The second-order valence-corrected chi connectivity index (χ2v) is 6.73. The van der Waals surface area contributed by atoms with Crippen LogP contribution in [0.4, 0.5) is 57.1 Å². The van der Waals surface area contributed by atoms with E-state index in [1.165, 1.54) is 6.92 Å². The summed E-state index contributed by atoms with van der Waals surface area (Å²) in [4.78, 5) is 0. The second-order valence-electron chi connectivity index (χ2n) is 6.73. The quantitative estimate of drug-likeness (QED) is 0.397. The van der Waals surface area contributed by atoms with Gasteiger partial charge in [-0.3, -0.25) is 0 Å². The summed E-state index contributed by atoms with van der Waals surface area (Å²) in [6.07, 6.45) is -9.28. The van der Waals surface area contributed by atoms with Crippen molar-refractivity contribution < 1.29 is 57.1 Å². The molecule has 1 atom stereocenters. The third-order valence-electron chi connectivity index (χ3n) is 3.76. The molecule has 0 aromatic heterocycles. The van der Waals surface area contributed by atoms with Gasteiger partial charge in [0.15, 0.2) is 0 Å². The Hall–Kier alpha value is -0.950. The van der Waals surface area contributed by atoms with Gasteiger partial charge in [-0.05, 0) is 19.3 Å². The molecule has 170 valence electrons. The van der Waals surface area contributed by atoms with E-state index in [0.717, 1.165) is 0 Å². The first kappa shape index (κ1) is 27.0. The molecule has 0 fully saturated rings. The summed E-state index contributed by atoms with van der Waals surface area (Å²) in [6, 6.07) is -0.582. The SMILES string of the molecule is CC(C)CC(C)NCCC(F)(F)C(F)(F)C(F)(F)C(F)(F)C(F)(F)C(F)(F)F. The molecule has 0 amide bonds. The Bertz CT molecular complexity index is 510. The molecule has 14 heteroatoms. The van der Waals surface area contributed by atoms with Gasteiger partial charge in [0, 0.05) is 19.0 Å². The maximum absolute atomic E-state index is 13.5. The van der Waals surface area contributed by atoms with Crippen LogP contribution in [0, 0.1) is 5.92 Å². The Balaban J connectivity index is 5.62. The van der Waals surface area contributed by atoms with Gasteiger partial charge in [0.1, 0.15) is 0 Å². The van der Waals surface area contributed by atoms with E-state index < -0.39 is 54.8 Å². The predicted octanol–water partition coefficient (Wildman–Crippen LogP) is 6.14. The van der Waals surface area contributed by atoms with E-state index in [-0.39, 0.29) is 5.92 Å². The Morgan fingerprint density at radius 3 is 1.36 bits per heavy atom. The summed E-state index contributed by atoms with van der Waals surface area (Å²) in [5.41, 5.74) is 0. The van der Waals surface area contributed by atoms with Gasteiger partial charge in [-0.2, -0.15) is 57.1 Å². The number of nitrogens with one attached hydrogen (secondary N) is 1. The first-order valence-corrected chi connectivity index (χ1v) is 7.75. The molecule has 0 aliphatic heterocycles. The summed E-state index contributed by atoms with van der Waals surface area (Å²) in [5, 5.41) is 2.21.